The van der Waals surface area contributed by atoms with E-state index in [1.54, 1.807) is 24.3 Å². The fraction of sp³-hybridized carbons (Fsp3) is 0.125. The van der Waals surface area contributed by atoms with Crippen molar-refractivity contribution in [1.29, 1.82) is 0 Å². The van der Waals surface area contributed by atoms with Crippen LogP contribution in [0.25, 0.3) is 0 Å². The van der Waals surface area contributed by atoms with Crippen LogP contribution in [0.3, 0.4) is 0 Å². The van der Waals surface area contributed by atoms with E-state index in [-0.39, 0.29) is 23.9 Å². The predicted octanol–water partition coefficient (Wildman–Crippen LogP) is 2.23. The van der Waals surface area contributed by atoms with Crippen molar-refractivity contribution >= 4 is 29.1 Å². The normalized spacial score (nSPS) is 10.2. The first-order valence-electron chi connectivity index (χ1n) is 6.73. The number of benzene rings is 2. The number of hydrogen-bond acceptors (Lipinski definition) is 3. The van der Waals surface area contributed by atoms with Crippen molar-refractivity contribution in [1.82, 2.24) is 5.32 Å². The van der Waals surface area contributed by atoms with Gasteiger partial charge in [0.15, 0.2) is 0 Å². The van der Waals surface area contributed by atoms with E-state index < -0.39 is 17.6 Å². The second-order valence-corrected chi connectivity index (χ2v) is 5.12. The van der Waals surface area contributed by atoms with Crippen molar-refractivity contribution in [3.05, 3.63) is 64.4 Å². The summed E-state index contributed by atoms with van der Waals surface area (Å²) in [5.41, 5.74) is 1.20. The molecule has 3 N–H and O–H groups in total. The average molecular weight is 337 g/mol. The van der Waals surface area contributed by atoms with E-state index in [4.69, 9.17) is 11.6 Å². The Bertz CT molecular complexity index is 737. The molecule has 0 aromatic heterocycles. The van der Waals surface area contributed by atoms with Crippen LogP contribution in [0.15, 0.2) is 42.5 Å². The zero-order chi connectivity index (χ0) is 16.8. The van der Waals surface area contributed by atoms with Crippen LogP contribution in [-0.2, 0) is 22.7 Å². The van der Waals surface area contributed by atoms with Crippen LogP contribution in [0.5, 0.6) is 0 Å². The molecule has 0 aliphatic rings. The zero-order valence-electron chi connectivity index (χ0n) is 12.0. The second kappa shape index (κ2) is 7.71. The van der Waals surface area contributed by atoms with Gasteiger partial charge in [-0.25, -0.2) is 4.39 Å². The minimum absolute atomic E-state index is 0.0755. The molecule has 0 saturated carbocycles. The van der Waals surface area contributed by atoms with E-state index >= 15 is 0 Å². The third-order valence-electron chi connectivity index (χ3n) is 3.11. The Labute approximate surface area is 137 Å². The van der Waals surface area contributed by atoms with E-state index in [9.17, 15) is 19.1 Å². The summed E-state index contributed by atoms with van der Waals surface area (Å²) in [7, 11) is 0. The number of rotatable bonds is 4. The number of hydrogen-bond donors (Lipinski definition) is 3. The topological polar surface area (TPSA) is 78.4 Å². The third-order valence-corrected chi connectivity index (χ3v) is 3.35. The van der Waals surface area contributed by atoms with Gasteiger partial charge in [0.1, 0.15) is 5.82 Å². The van der Waals surface area contributed by atoms with Crippen molar-refractivity contribution in [2.24, 2.45) is 0 Å². The monoisotopic (exact) mass is 336 g/mol. The number of anilines is 1. The highest BCUT2D eigenvalue weighted by molar-refractivity contribution is 6.39. The highest BCUT2D eigenvalue weighted by Gasteiger charge is 2.16. The minimum Gasteiger partial charge on any atom is -0.392 e. The molecule has 2 rings (SSSR count). The Balaban J connectivity index is 1.96. The van der Waals surface area contributed by atoms with Gasteiger partial charge in [-0.1, -0.05) is 35.9 Å². The first kappa shape index (κ1) is 16.9. The van der Waals surface area contributed by atoms with Gasteiger partial charge in [-0.3, -0.25) is 9.59 Å². The molecule has 0 aliphatic heterocycles. The fourth-order valence-corrected chi connectivity index (χ4v) is 2.07. The molecule has 120 valence electrons. The molecule has 0 aliphatic carbocycles. The highest BCUT2D eigenvalue weighted by atomic mass is 35.5. The maximum atomic E-state index is 13.6. The van der Waals surface area contributed by atoms with Gasteiger partial charge in [0.25, 0.3) is 0 Å². The molecule has 7 heteroatoms. The largest absolute Gasteiger partial charge is 0.392 e. The Kier molecular flexibility index (Phi) is 5.67. The number of amides is 2. The molecule has 0 bridgehead atoms. The molecule has 0 fully saturated rings. The molecule has 2 aromatic carbocycles. The van der Waals surface area contributed by atoms with Crippen molar-refractivity contribution in [2.45, 2.75) is 13.2 Å². The van der Waals surface area contributed by atoms with Gasteiger partial charge < -0.3 is 15.7 Å². The number of halogens is 2. The van der Waals surface area contributed by atoms with Gasteiger partial charge in [0.05, 0.1) is 12.3 Å². The van der Waals surface area contributed by atoms with Crippen molar-refractivity contribution in [3.8, 4) is 0 Å². The van der Waals surface area contributed by atoms with E-state index in [2.05, 4.69) is 10.6 Å². The summed E-state index contributed by atoms with van der Waals surface area (Å²) in [6.45, 7) is -0.0969. The summed E-state index contributed by atoms with van der Waals surface area (Å²) < 4.78 is 13.6. The van der Waals surface area contributed by atoms with Crippen molar-refractivity contribution in [2.75, 3.05) is 5.32 Å². The lowest BCUT2D eigenvalue weighted by Gasteiger charge is -2.09. The Morgan fingerprint density at radius 2 is 1.78 bits per heavy atom. The molecular formula is C16H14ClFN2O3. The average Bonchev–Trinajstić information content (AvgIpc) is 2.55. The van der Waals surface area contributed by atoms with Crippen molar-refractivity contribution < 1.29 is 19.1 Å². The zero-order valence-corrected chi connectivity index (χ0v) is 12.7. The smallest absolute Gasteiger partial charge is 0.313 e. The molecule has 2 amide bonds. The summed E-state index contributed by atoms with van der Waals surface area (Å²) in [5, 5.41) is 14.0. The molecule has 0 unspecified atom stereocenters. The van der Waals surface area contributed by atoms with Gasteiger partial charge in [-0.15, -0.1) is 0 Å². The predicted molar refractivity (Wildman–Crippen MR) is 84.3 cm³/mol. The quantitative estimate of drug-likeness (QED) is 0.749. The van der Waals surface area contributed by atoms with Crippen LogP contribution in [-0.4, -0.2) is 16.9 Å². The summed E-state index contributed by atoms with van der Waals surface area (Å²) >= 11 is 5.61. The number of carbonyl (C=O) groups is 2. The standard InChI is InChI=1S/C16H14ClFN2O3/c17-12-5-6-14(13(18)7-12)20-16(23)15(22)19-8-10-3-1-2-4-11(10)9-21/h1-7,21H,8-9H2,(H,19,22)(H,20,23). The maximum Gasteiger partial charge on any atom is 0.313 e. The van der Waals surface area contributed by atoms with E-state index in [0.29, 0.717) is 11.1 Å². The van der Waals surface area contributed by atoms with Crippen LogP contribution in [0.4, 0.5) is 10.1 Å². The Morgan fingerprint density at radius 3 is 2.43 bits per heavy atom. The molecule has 23 heavy (non-hydrogen) atoms. The van der Waals surface area contributed by atoms with Gasteiger partial charge in [-0.05, 0) is 29.3 Å². The van der Waals surface area contributed by atoms with Crippen LogP contribution in [0, 0.1) is 5.82 Å². The summed E-state index contributed by atoms with van der Waals surface area (Å²) in [4.78, 5) is 23.5. The lowest BCUT2D eigenvalue weighted by atomic mass is 10.1. The summed E-state index contributed by atoms with van der Waals surface area (Å²) in [6, 6.07) is 10.6. The van der Waals surface area contributed by atoms with Gasteiger partial charge >= 0.3 is 11.8 Å². The van der Waals surface area contributed by atoms with Gasteiger partial charge in [-0.2, -0.15) is 0 Å². The van der Waals surface area contributed by atoms with Crippen LogP contribution in [0.2, 0.25) is 5.02 Å². The lowest BCUT2D eigenvalue weighted by Crippen LogP contribution is -2.35. The third kappa shape index (κ3) is 4.51. The lowest BCUT2D eigenvalue weighted by molar-refractivity contribution is -0.136. The van der Waals surface area contributed by atoms with Crippen molar-refractivity contribution in [3.63, 3.8) is 0 Å². The maximum absolute atomic E-state index is 13.6. The van der Waals surface area contributed by atoms with E-state index in [0.717, 1.165) is 6.07 Å². The molecule has 0 heterocycles. The Hall–Kier alpha value is -2.44. The second-order valence-electron chi connectivity index (χ2n) is 4.69. The van der Waals surface area contributed by atoms with Crippen LogP contribution in [0.1, 0.15) is 11.1 Å². The molecule has 0 saturated heterocycles. The minimum atomic E-state index is -0.993. The molecule has 5 nitrogen and oxygen atoms in total. The first-order valence-corrected chi connectivity index (χ1v) is 7.11. The SMILES string of the molecule is O=C(NCc1ccccc1CO)C(=O)Nc1ccc(Cl)cc1F. The van der Waals surface area contributed by atoms with Crippen LogP contribution >= 0.6 is 11.6 Å². The molecule has 0 spiro atoms. The fourth-order valence-electron chi connectivity index (χ4n) is 1.91. The number of aliphatic hydroxyl groups excluding tert-OH is 1. The molecule has 0 atom stereocenters. The number of aliphatic hydroxyl groups is 1. The highest BCUT2D eigenvalue weighted by Crippen LogP contribution is 2.18. The summed E-state index contributed by atoms with van der Waals surface area (Å²) in [5.74, 6) is -2.64. The number of nitrogens with one attached hydrogen (secondary N) is 2. The molecule has 0 radical (unpaired) electrons. The molecule has 2 aromatic rings. The van der Waals surface area contributed by atoms with Gasteiger partial charge in [0.2, 0.25) is 0 Å². The van der Waals surface area contributed by atoms with Gasteiger partial charge in [0, 0.05) is 11.6 Å². The Morgan fingerprint density at radius 1 is 1.09 bits per heavy atom. The first-order chi connectivity index (χ1) is 11.0. The van der Waals surface area contributed by atoms with E-state index in [1.807, 2.05) is 0 Å². The summed E-state index contributed by atoms with van der Waals surface area (Å²) in [6.07, 6.45) is 0. The van der Waals surface area contributed by atoms with Crippen LogP contribution < -0.4 is 10.6 Å². The van der Waals surface area contributed by atoms with E-state index in [1.165, 1.54) is 12.1 Å². The molecular weight excluding hydrogens is 323 g/mol. The number of carbonyl (C=O) groups excluding carboxylic acids is 2.